The predicted octanol–water partition coefficient (Wildman–Crippen LogP) is 3.73. The van der Waals surface area contributed by atoms with Crippen molar-refractivity contribution < 1.29 is 5.11 Å². The minimum absolute atomic E-state index is 0.264. The summed E-state index contributed by atoms with van der Waals surface area (Å²) in [5, 5.41) is 10.9. The van der Waals surface area contributed by atoms with E-state index in [2.05, 4.69) is 12.2 Å². The molecule has 0 unspecified atom stereocenters. The fourth-order valence-electron chi connectivity index (χ4n) is 2.01. The van der Waals surface area contributed by atoms with Gasteiger partial charge >= 0.3 is 0 Å². The summed E-state index contributed by atoms with van der Waals surface area (Å²) in [6.07, 6.45) is 7.28. The van der Waals surface area contributed by atoms with Crippen LogP contribution in [-0.4, -0.2) is 5.11 Å². The number of benzene rings is 1. The molecule has 0 amide bonds. The van der Waals surface area contributed by atoms with E-state index >= 15 is 0 Å². The molecule has 2 atom stereocenters. The second-order valence-corrected chi connectivity index (χ2v) is 4.46. The van der Waals surface area contributed by atoms with Gasteiger partial charge in [-0.25, -0.2) is 0 Å². The van der Waals surface area contributed by atoms with Crippen LogP contribution in [0.1, 0.15) is 30.9 Å². The van der Waals surface area contributed by atoms with E-state index in [9.17, 15) is 5.11 Å². The van der Waals surface area contributed by atoms with Crippen molar-refractivity contribution in [2.24, 2.45) is 5.92 Å². The van der Waals surface area contributed by atoms with Gasteiger partial charge in [-0.05, 0) is 37.0 Å². The maximum Gasteiger partial charge on any atom is 0.0852 e. The van der Waals surface area contributed by atoms with Crippen LogP contribution in [0.2, 0.25) is 5.02 Å². The molecule has 1 N–H and O–H groups in total. The maximum absolute atomic E-state index is 10.1. The molecule has 0 aliphatic heterocycles. The molecule has 1 aromatic carbocycles. The molecule has 2 heteroatoms. The minimum Gasteiger partial charge on any atom is -0.388 e. The Kier molecular flexibility index (Phi) is 3.45. The topological polar surface area (TPSA) is 20.2 Å². The first-order valence-corrected chi connectivity index (χ1v) is 5.75. The number of aliphatic hydroxyl groups is 1. The monoisotopic (exact) mass is 222 g/mol. The molecule has 0 fully saturated rings. The van der Waals surface area contributed by atoms with E-state index in [1.54, 1.807) is 0 Å². The van der Waals surface area contributed by atoms with Gasteiger partial charge in [0.2, 0.25) is 0 Å². The Hall–Kier alpha value is -0.790. The molecule has 1 aliphatic rings. The average molecular weight is 223 g/mol. The van der Waals surface area contributed by atoms with Crippen molar-refractivity contribution in [2.45, 2.75) is 25.4 Å². The molecule has 0 bridgehead atoms. The van der Waals surface area contributed by atoms with Gasteiger partial charge in [0.05, 0.1) is 6.10 Å². The lowest BCUT2D eigenvalue weighted by Gasteiger charge is -2.22. The van der Waals surface area contributed by atoms with E-state index < -0.39 is 0 Å². The Labute approximate surface area is 95.4 Å². The maximum atomic E-state index is 10.1. The number of rotatable bonds is 2. The van der Waals surface area contributed by atoms with Gasteiger partial charge in [0.15, 0.2) is 0 Å². The summed E-state index contributed by atoms with van der Waals surface area (Å²) in [6, 6.07) is 7.45. The third-order valence-corrected chi connectivity index (χ3v) is 3.16. The van der Waals surface area contributed by atoms with Crippen LogP contribution in [0.15, 0.2) is 36.4 Å². The minimum atomic E-state index is -0.390. The van der Waals surface area contributed by atoms with Gasteiger partial charge in [-0.15, -0.1) is 0 Å². The molecule has 1 aromatic rings. The van der Waals surface area contributed by atoms with E-state index in [0.717, 1.165) is 18.4 Å². The number of hydrogen-bond acceptors (Lipinski definition) is 1. The van der Waals surface area contributed by atoms with E-state index in [1.165, 1.54) is 6.42 Å². The standard InChI is InChI=1S/C13H15ClO/c14-12-8-6-11(7-9-12)13(15)10-4-2-1-3-5-10/h2,4,6-10,13,15H,1,3,5H2/t10-,13+/m1/s1. The van der Waals surface area contributed by atoms with Gasteiger partial charge < -0.3 is 5.11 Å². The fourth-order valence-corrected chi connectivity index (χ4v) is 2.13. The Balaban J connectivity index is 2.12. The molecule has 0 heterocycles. The van der Waals surface area contributed by atoms with Gasteiger partial charge in [-0.1, -0.05) is 35.9 Å². The highest BCUT2D eigenvalue weighted by Gasteiger charge is 2.19. The first-order valence-electron chi connectivity index (χ1n) is 5.37. The lowest BCUT2D eigenvalue weighted by atomic mass is 9.87. The first-order chi connectivity index (χ1) is 7.27. The molecule has 1 aliphatic carbocycles. The Morgan fingerprint density at radius 3 is 2.60 bits per heavy atom. The van der Waals surface area contributed by atoms with Gasteiger partial charge in [0, 0.05) is 10.9 Å². The summed E-state index contributed by atoms with van der Waals surface area (Å²) >= 11 is 5.81. The summed E-state index contributed by atoms with van der Waals surface area (Å²) in [5.41, 5.74) is 0.955. The van der Waals surface area contributed by atoms with Crippen LogP contribution in [0.3, 0.4) is 0 Å². The summed E-state index contributed by atoms with van der Waals surface area (Å²) in [5.74, 6) is 0.264. The molecule has 2 rings (SSSR count). The van der Waals surface area contributed by atoms with Crippen molar-refractivity contribution in [1.29, 1.82) is 0 Å². The van der Waals surface area contributed by atoms with Gasteiger partial charge in [-0.3, -0.25) is 0 Å². The highest BCUT2D eigenvalue weighted by molar-refractivity contribution is 6.30. The molecular formula is C13H15ClO. The predicted molar refractivity (Wildman–Crippen MR) is 62.9 cm³/mol. The van der Waals surface area contributed by atoms with Crippen molar-refractivity contribution in [3.63, 3.8) is 0 Å². The van der Waals surface area contributed by atoms with Crippen LogP contribution in [0.5, 0.6) is 0 Å². The fraction of sp³-hybridized carbons (Fsp3) is 0.385. The zero-order chi connectivity index (χ0) is 10.7. The summed E-state index contributed by atoms with van der Waals surface area (Å²) in [6.45, 7) is 0. The third kappa shape index (κ3) is 2.61. The van der Waals surface area contributed by atoms with Crippen molar-refractivity contribution in [3.05, 3.63) is 47.0 Å². The summed E-state index contributed by atoms with van der Waals surface area (Å²) < 4.78 is 0. The molecule has 0 saturated heterocycles. The van der Waals surface area contributed by atoms with Gasteiger partial charge in [0.25, 0.3) is 0 Å². The molecule has 0 aromatic heterocycles. The SMILES string of the molecule is O[C@H](c1ccc(Cl)cc1)[C@@H]1C=CCCC1. The van der Waals surface area contributed by atoms with Crippen LogP contribution in [0.4, 0.5) is 0 Å². The second kappa shape index (κ2) is 4.82. The normalized spacial score (nSPS) is 22.7. The molecule has 0 radical (unpaired) electrons. The number of halogens is 1. The Bertz CT molecular complexity index is 342. The zero-order valence-corrected chi connectivity index (χ0v) is 9.32. The van der Waals surface area contributed by atoms with Crippen molar-refractivity contribution in [3.8, 4) is 0 Å². The molecule has 80 valence electrons. The second-order valence-electron chi connectivity index (χ2n) is 4.02. The molecular weight excluding hydrogens is 208 g/mol. The lowest BCUT2D eigenvalue weighted by molar-refractivity contribution is 0.123. The largest absolute Gasteiger partial charge is 0.388 e. The highest BCUT2D eigenvalue weighted by atomic mass is 35.5. The smallest absolute Gasteiger partial charge is 0.0852 e. The van der Waals surface area contributed by atoms with E-state index in [-0.39, 0.29) is 12.0 Å². The van der Waals surface area contributed by atoms with Crippen LogP contribution in [0, 0.1) is 5.92 Å². The van der Waals surface area contributed by atoms with Gasteiger partial charge in [-0.2, -0.15) is 0 Å². The van der Waals surface area contributed by atoms with Crippen molar-refractivity contribution >= 4 is 11.6 Å². The van der Waals surface area contributed by atoms with Gasteiger partial charge in [0.1, 0.15) is 0 Å². The zero-order valence-electron chi connectivity index (χ0n) is 8.57. The quantitative estimate of drug-likeness (QED) is 0.756. The van der Waals surface area contributed by atoms with Crippen molar-refractivity contribution in [1.82, 2.24) is 0 Å². The highest BCUT2D eigenvalue weighted by Crippen LogP contribution is 2.30. The van der Waals surface area contributed by atoms with Crippen LogP contribution >= 0.6 is 11.6 Å². The molecule has 1 nitrogen and oxygen atoms in total. The van der Waals surface area contributed by atoms with Crippen molar-refractivity contribution in [2.75, 3.05) is 0 Å². The lowest BCUT2D eigenvalue weighted by Crippen LogP contribution is -2.12. The molecule has 15 heavy (non-hydrogen) atoms. The third-order valence-electron chi connectivity index (χ3n) is 2.91. The number of hydrogen-bond donors (Lipinski definition) is 1. The summed E-state index contributed by atoms with van der Waals surface area (Å²) in [7, 11) is 0. The van der Waals surface area contributed by atoms with Crippen LogP contribution < -0.4 is 0 Å². The average Bonchev–Trinajstić information content (AvgIpc) is 2.30. The van der Waals surface area contributed by atoms with E-state index in [0.29, 0.717) is 5.02 Å². The number of aliphatic hydroxyl groups excluding tert-OH is 1. The summed E-state index contributed by atoms with van der Waals surface area (Å²) in [4.78, 5) is 0. The van der Waals surface area contributed by atoms with Crippen LogP contribution in [0.25, 0.3) is 0 Å². The van der Waals surface area contributed by atoms with E-state index in [4.69, 9.17) is 11.6 Å². The molecule has 0 spiro atoms. The first kappa shape index (κ1) is 10.7. The van der Waals surface area contributed by atoms with E-state index in [1.807, 2.05) is 24.3 Å². The Morgan fingerprint density at radius 2 is 2.00 bits per heavy atom. The molecule has 0 saturated carbocycles. The number of allylic oxidation sites excluding steroid dienone is 1. The Morgan fingerprint density at radius 1 is 1.27 bits per heavy atom. The van der Waals surface area contributed by atoms with Crippen LogP contribution in [-0.2, 0) is 0 Å².